The Labute approximate surface area is 147 Å². The van der Waals surface area contributed by atoms with Gasteiger partial charge in [-0.15, -0.1) is 0 Å². The van der Waals surface area contributed by atoms with E-state index in [9.17, 15) is 9.59 Å². The molecule has 0 saturated carbocycles. The summed E-state index contributed by atoms with van der Waals surface area (Å²) in [6, 6.07) is 14.5. The Kier molecular flexibility index (Phi) is 6.57. The number of anilines is 1. The molecule has 2 N–H and O–H groups in total. The second kappa shape index (κ2) is 8.87. The molecule has 1 atom stereocenters. The molecule has 2 rings (SSSR count). The minimum atomic E-state index is -0.909. The first kappa shape index (κ1) is 18.5. The fraction of sp³-hybridized carbons (Fsp3) is 0.300. The third-order valence-electron chi connectivity index (χ3n) is 3.99. The number of para-hydroxylation sites is 1. The molecule has 5 nitrogen and oxygen atoms in total. The van der Waals surface area contributed by atoms with E-state index in [0.29, 0.717) is 22.9 Å². The minimum absolute atomic E-state index is 0.0809. The molecule has 1 unspecified atom stereocenters. The maximum absolute atomic E-state index is 12.1. The quantitative estimate of drug-likeness (QED) is 0.765. The summed E-state index contributed by atoms with van der Waals surface area (Å²) in [6.45, 7) is 4.13. The predicted octanol–water partition coefficient (Wildman–Crippen LogP) is 3.84. The van der Waals surface area contributed by atoms with Crippen molar-refractivity contribution in [1.29, 1.82) is 0 Å². The number of aliphatic carboxylic acids is 1. The number of amides is 1. The average Bonchev–Trinajstić information content (AvgIpc) is 2.59. The van der Waals surface area contributed by atoms with E-state index >= 15 is 0 Å². The van der Waals surface area contributed by atoms with E-state index in [1.807, 2.05) is 24.3 Å². The van der Waals surface area contributed by atoms with Crippen LogP contribution in [-0.2, 0) is 16.0 Å². The van der Waals surface area contributed by atoms with Crippen molar-refractivity contribution >= 4 is 17.6 Å². The first-order valence-electron chi connectivity index (χ1n) is 8.32. The lowest BCUT2D eigenvalue weighted by molar-refractivity contribution is -0.136. The van der Waals surface area contributed by atoms with Gasteiger partial charge < -0.3 is 15.2 Å². The van der Waals surface area contributed by atoms with Gasteiger partial charge in [0.1, 0.15) is 5.75 Å². The van der Waals surface area contributed by atoms with Crippen molar-refractivity contribution in [2.24, 2.45) is 0 Å². The monoisotopic (exact) mass is 341 g/mol. The molecule has 1 amide bonds. The Hall–Kier alpha value is -2.82. The predicted molar refractivity (Wildman–Crippen MR) is 97.1 cm³/mol. The summed E-state index contributed by atoms with van der Waals surface area (Å²) >= 11 is 0. The minimum Gasteiger partial charge on any atom is -0.483 e. The zero-order valence-corrected chi connectivity index (χ0v) is 14.5. The van der Waals surface area contributed by atoms with E-state index < -0.39 is 5.97 Å². The Morgan fingerprint density at radius 3 is 2.64 bits per heavy atom. The molecule has 0 fully saturated rings. The third kappa shape index (κ3) is 5.64. The lowest BCUT2D eigenvalue weighted by Gasteiger charge is -2.15. The first-order chi connectivity index (χ1) is 12.0. The molecule has 2 aromatic rings. The van der Waals surface area contributed by atoms with Crippen LogP contribution in [-0.4, -0.2) is 23.6 Å². The number of hydrogen-bond donors (Lipinski definition) is 2. The SMILES string of the molecule is CCC(C)c1ccccc1OCC(=O)Nc1cccc(CC(=O)O)c1. The summed E-state index contributed by atoms with van der Waals surface area (Å²) in [5.41, 5.74) is 2.28. The summed E-state index contributed by atoms with van der Waals surface area (Å²) in [5, 5.41) is 11.6. The molecule has 2 aromatic carbocycles. The van der Waals surface area contributed by atoms with Crippen LogP contribution >= 0.6 is 0 Å². The fourth-order valence-corrected chi connectivity index (χ4v) is 2.51. The molecule has 5 heteroatoms. The van der Waals surface area contributed by atoms with Crippen molar-refractivity contribution in [3.8, 4) is 5.75 Å². The van der Waals surface area contributed by atoms with Crippen molar-refractivity contribution in [2.45, 2.75) is 32.6 Å². The van der Waals surface area contributed by atoms with Crippen LogP contribution in [0.5, 0.6) is 5.75 Å². The number of hydrogen-bond acceptors (Lipinski definition) is 3. The maximum atomic E-state index is 12.1. The Bertz CT molecular complexity index is 742. The van der Waals surface area contributed by atoms with Gasteiger partial charge in [-0.05, 0) is 41.7 Å². The number of nitrogens with one attached hydrogen (secondary N) is 1. The smallest absolute Gasteiger partial charge is 0.307 e. The van der Waals surface area contributed by atoms with Crippen molar-refractivity contribution < 1.29 is 19.4 Å². The third-order valence-corrected chi connectivity index (χ3v) is 3.99. The molecule has 25 heavy (non-hydrogen) atoms. The number of rotatable bonds is 8. The molecule has 0 heterocycles. The lowest BCUT2D eigenvalue weighted by Crippen LogP contribution is -2.20. The van der Waals surface area contributed by atoms with Gasteiger partial charge in [-0.2, -0.15) is 0 Å². The van der Waals surface area contributed by atoms with Gasteiger partial charge in [-0.1, -0.05) is 44.2 Å². The topological polar surface area (TPSA) is 75.6 Å². The van der Waals surface area contributed by atoms with E-state index in [4.69, 9.17) is 9.84 Å². The second-order valence-corrected chi connectivity index (χ2v) is 5.95. The molecule has 0 aromatic heterocycles. The summed E-state index contributed by atoms with van der Waals surface area (Å²) in [6.07, 6.45) is 0.908. The van der Waals surface area contributed by atoms with Gasteiger partial charge in [-0.25, -0.2) is 0 Å². The normalized spacial score (nSPS) is 11.6. The highest BCUT2D eigenvalue weighted by Crippen LogP contribution is 2.28. The summed E-state index contributed by atoms with van der Waals surface area (Å²) in [7, 11) is 0. The zero-order chi connectivity index (χ0) is 18.2. The number of carbonyl (C=O) groups excluding carboxylic acids is 1. The maximum Gasteiger partial charge on any atom is 0.307 e. The summed E-state index contributed by atoms with van der Waals surface area (Å²) < 4.78 is 5.68. The summed E-state index contributed by atoms with van der Waals surface area (Å²) in [5.74, 6) is -0.126. The van der Waals surface area contributed by atoms with E-state index in [1.165, 1.54) is 0 Å². The molecule has 132 valence electrons. The number of carboxylic acids is 1. The number of benzene rings is 2. The van der Waals surface area contributed by atoms with Crippen LogP contribution in [0.3, 0.4) is 0 Å². The Balaban J connectivity index is 1.97. The van der Waals surface area contributed by atoms with Crippen LogP contribution < -0.4 is 10.1 Å². The molecule has 0 saturated heterocycles. The molecule has 0 aliphatic heterocycles. The van der Waals surface area contributed by atoms with Gasteiger partial charge in [0.25, 0.3) is 5.91 Å². The standard InChI is InChI=1S/C20H23NO4/c1-3-14(2)17-9-4-5-10-18(17)25-13-19(22)21-16-8-6-7-15(11-16)12-20(23)24/h4-11,14H,3,12-13H2,1-2H3,(H,21,22)(H,23,24). The highest BCUT2D eigenvalue weighted by atomic mass is 16.5. The van der Waals surface area contributed by atoms with E-state index in [-0.39, 0.29) is 18.9 Å². The van der Waals surface area contributed by atoms with Crippen molar-refractivity contribution in [1.82, 2.24) is 0 Å². The fourth-order valence-electron chi connectivity index (χ4n) is 2.51. The van der Waals surface area contributed by atoms with Crippen LogP contribution in [0.1, 0.15) is 37.3 Å². The van der Waals surface area contributed by atoms with Crippen molar-refractivity contribution in [3.63, 3.8) is 0 Å². The first-order valence-corrected chi connectivity index (χ1v) is 8.32. The molecular formula is C20H23NO4. The van der Waals surface area contributed by atoms with Crippen LogP contribution in [0, 0.1) is 0 Å². The van der Waals surface area contributed by atoms with Crippen LogP contribution in [0.4, 0.5) is 5.69 Å². The van der Waals surface area contributed by atoms with E-state index in [1.54, 1.807) is 24.3 Å². The summed E-state index contributed by atoms with van der Waals surface area (Å²) in [4.78, 5) is 22.9. The van der Waals surface area contributed by atoms with Gasteiger partial charge in [0.2, 0.25) is 0 Å². The molecule has 0 aliphatic carbocycles. The van der Waals surface area contributed by atoms with Crippen molar-refractivity contribution in [3.05, 3.63) is 59.7 Å². The highest BCUT2D eigenvalue weighted by Gasteiger charge is 2.11. The van der Waals surface area contributed by atoms with Crippen LogP contribution in [0.25, 0.3) is 0 Å². The largest absolute Gasteiger partial charge is 0.483 e. The zero-order valence-electron chi connectivity index (χ0n) is 14.5. The van der Waals surface area contributed by atoms with Crippen LogP contribution in [0.2, 0.25) is 0 Å². The Morgan fingerprint density at radius 1 is 1.16 bits per heavy atom. The molecule has 0 bridgehead atoms. The molecule has 0 aliphatic rings. The van der Waals surface area contributed by atoms with Crippen molar-refractivity contribution in [2.75, 3.05) is 11.9 Å². The highest BCUT2D eigenvalue weighted by molar-refractivity contribution is 5.92. The van der Waals surface area contributed by atoms with Gasteiger partial charge in [0, 0.05) is 5.69 Å². The number of carbonyl (C=O) groups is 2. The second-order valence-electron chi connectivity index (χ2n) is 5.95. The number of ether oxygens (including phenoxy) is 1. The van der Waals surface area contributed by atoms with E-state index in [0.717, 1.165) is 12.0 Å². The van der Waals surface area contributed by atoms with Gasteiger partial charge in [0.05, 0.1) is 6.42 Å². The molecule has 0 radical (unpaired) electrons. The van der Waals surface area contributed by atoms with Gasteiger partial charge in [-0.3, -0.25) is 9.59 Å². The van der Waals surface area contributed by atoms with Gasteiger partial charge in [0.15, 0.2) is 6.61 Å². The lowest BCUT2D eigenvalue weighted by atomic mass is 9.98. The van der Waals surface area contributed by atoms with Crippen LogP contribution in [0.15, 0.2) is 48.5 Å². The molecular weight excluding hydrogens is 318 g/mol. The molecule has 0 spiro atoms. The average molecular weight is 341 g/mol. The van der Waals surface area contributed by atoms with E-state index in [2.05, 4.69) is 19.2 Å². The number of carboxylic acid groups (broad SMARTS) is 1. The van der Waals surface area contributed by atoms with Gasteiger partial charge >= 0.3 is 5.97 Å². The Morgan fingerprint density at radius 2 is 1.92 bits per heavy atom.